The molecule has 43 heavy (non-hydrogen) atoms. The van der Waals surface area contributed by atoms with Gasteiger partial charge in [-0.05, 0) is 30.0 Å². The third kappa shape index (κ3) is 10.4. The van der Waals surface area contributed by atoms with Crippen molar-refractivity contribution in [1.29, 1.82) is 0 Å². The summed E-state index contributed by atoms with van der Waals surface area (Å²) in [6, 6.07) is 29.1. The van der Waals surface area contributed by atoms with E-state index in [9.17, 15) is 9.59 Å². The molecule has 0 spiro atoms. The van der Waals surface area contributed by atoms with Crippen molar-refractivity contribution >= 4 is 11.9 Å². The first kappa shape index (κ1) is 32.1. The van der Waals surface area contributed by atoms with Gasteiger partial charge in [-0.1, -0.05) is 97.1 Å². The van der Waals surface area contributed by atoms with Crippen LogP contribution in [0.2, 0.25) is 0 Å². The first-order valence-electron chi connectivity index (χ1n) is 14.7. The van der Waals surface area contributed by atoms with Crippen LogP contribution in [-0.2, 0) is 53.1 Å². The summed E-state index contributed by atoms with van der Waals surface area (Å²) in [6.07, 6.45) is 1.26. The fourth-order valence-corrected chi connectivity index (χ4v) is 5.05. The molecule has 0 unspecified atom stereocenters. The zero-order chi connectivity index (χ0) is 30.3. The molecule has 5 atom stereocenters. The Morgan fingerprint density at radius 3 is 1.84 bits per heavy atom. The molecule has 228 valence electrons. The summed E-state index contributed by atoms with van der Waals surface area (Å²) in [7, 11) is 0. The van der Waals surface area contributed by atoms with Gasteiger partial charge >= 0.3 is 5.97 Å². The maximum absolute atomic E-state index is 12.5. The van der Waals surface area contributed by atoms with E-state index >= 15 is 0 Å². The molecule has 1 saturated heterocycles. The third-order valence-corrected chi connectivity index (χ3v) is 7.04. The van der Waals surface area contributed by atoms with Crippen molar-refractivity contribution in [2.24, 2.45) is 0 Å². The second-order valence-corrected chi connectivity index (χ2v) is 10.4. The Hall–Kier alpha value is -3.82. The highest BCUT2D eigenvalue weighted by atomic mass is 16.6. The molecule has 8 heteroatoms. The van der Waals surface area contributed by atoms with Crippen LogP contribution in [0.15, 0.2) is 103 Å². The number of nitrogens with one attached hydrogen (secondary N) is 1. The first-order valence-corrected chi connectivity index (χ1v) is 14.7. The Balaban J connectivity index is 1.61. The van der Waals surface area contributed by atoms with E-state index in [1.807, 2.05) is 91.0 Å². The Morgan fingerprint density at radius 1 is 0.767 bits per heavy atom. The minimum absolute atomic E-state index is 0.220. The van der Waals surface area contributed by atoms with Crippen LogP contribution >= 0.6 is 0 Å². The Kier molecular flexibility index (Phi) is 12.9. The van der Waals surface area contributed by atoms with E-state index in [1.165, 1.54) is 13.0 Å². The summed E-state index contributed by atoms with van der Waals surface area (Å²) in [6.45, 7) is 4.80. The van der Waals surface area contributed by atoms with Gasteiger partial charge in [-0.2, -0.15) is 0 Å². The molecule has 3 aromatic carbocycles. The van der Waals surface area contributed by atoms with E-state index in [4.69, 9.17) is 23.7 Å². The molecule has 8 nitrogen and oxygen atoms in total. The Labute approximate surface area is 253 Å². The number of hydrogen-bond acceptors (Lipinski definition) is 7. The molecule has 1 amide bonds. The number of esters is 1. The standard InChI is InChI=1S/C35H41NO7/c1-3-40-32(38)21-13-20-30-33(36-26(2)37)35(42-24-29-18-11-6-12-19-29)34(41-23-28-16-9-5-10-17-28)31(43-30)25-39-22-27-14-7-4-8-15-27/h4-19,21,30-31,33-35H,3,20,22-25H2,1-2H3,(H,36,37)/b21-13+/t30-,31-,33+,34-,35-/m1/s1. The molecular weight excluding hydrogens is 546 g/mol. The molecule has 4 rings (SSSR count). The van der Waals surface area contributed by atoms with Gasteiger partial charge < -0.3 is 29.0 Å². The van der Waals surface area contributed by atoms with E-state index in [0.717, 1.165) is 16.7 Å². The number of carbonyl (C=O) groups excluding carboxylic acids is 2. The normalized spacial score (nSPS) is 21.9. The van der Waals surface area contributed by atoms with E-state index in [0.29, 0.717) is 26.2 Å². The summed E-state index contributed by atoms with van der Waals surface area (Å²) < 4.78 is 30.9. The number of carbonyl (C=O) groups is 2. The molecule has 0 aromatic heterocycles. The molecule has 0 bridgehead atoms. The van der Waals surface area contributed by atoms with Crippen molar-refractivity contribution in [3.8, 4) is 0 Å². The zero-order valence-electron chi connectivity index (χ0n) is 24.8. The summed E-state index contributed by atoms with van der Waals surface area (Å²) in [5, 5.41) is 3.05. The van der Waals surface area contributed by atoms with Crippen molar-refractivity contribution in [2.75, 3.05) is 13.2 Å². The first-order chi connectivity index (χ1) is 21.0. The predicted octanol–water partition coefficient (Wildman–Crippen LogP) is 5.16. The van der Waals surface area contributed by atoms with Gasteiger partial charge in [0.05, 0.1) is 45.2 Å². The fourth-order valence-electron chi connectivity index (χ4n) is 5.05. The van der Waals surface area contributed by atoms with E-state index < -0.39 is 36.4 Å². The van der Waals surface area contributed by atoms with Crippen LogP contribution in [0.1, 0.15) is 37.0 Å². The van der Waals surface area contributed by atoms with E-state index in [2.05, 4.69) is 5.32 Å². The zero-order valence-corrected chi connectivity index (χ0v) is 24.8. The smallest absolute Gasteiger partial charge is 0.330 e. The average Bonchev–Trinajstić information content (AvgIpc) is 3.02. The van der Waals surface area contributed by atoms with Crippen molar-refractivity contribution in [3.63, 3.8) is 0 Å². The maximum atomic E-state index is 12.5. The fraction of sp³-hybridized carbons (Fsp3) is 0.371. The van der Waals surface area contributed by atoms with Gasteiger partial charge in [0.15, 0.2) is 0 Å². The summed E-state index contributed by atoms with van der Waals surface area (Å²) in [5.74, 6) is -0.653. The number of hydrogen-bond donors (Lipinski definition) is 1. The van der Waals surface area contributed by atoms with Crippen LogP contribution < -0.4 is 5.32 Å². The SMILES string of the molecule is CCOC(=O)/C=C/C[C@H]1O[C@H](COCc2ccccc2)[C@@H](OCc2ccccc2)[C@H](OCc2ccccc2)[C@H]1NC(C)=O. The van der Waals surface area contributed by atoms with Crippen molar-refractivity contribution in [2.45, 2.75) is 70.5 Å². The van der Waals surface area contributed by atoms with E-state index in [-0.39, 0.29) is 19.1 Å². The van der Waals surface area contributed by atoms with Gasteiger partial charge in [-0.15, -0.1) is 0 Å². The second-order valence-electron chi connectivity index (χ2n) is 10.4. The monoisotopic (exact) mass is 587 g/mol. The molecule has 0 radical (unpaired) electrons. The highest BCUT2D eigenvalue weighted by Gasteiger charge is 2.47. The largest absolute Gasteiger partial charge is 0.463 e. The second kappa shape index (κ2) is 17.3. The number of rotatable bonds is 15. The lowest BCUT2D eigenvalue weighted by Gasteiger charge is -2.46. The maximum Gasteiger partial charge on any atom is 0.330 e. The summed E-state index contributed by atoms with van der Waals surface area (Å²) >= 11 is 0. The van der Waals surface area contributed by atoms with Gasteiger partial charge in [-0.3, -0.25) is 4.79 Å². The van der Waals surface area contributed by atoms with Crippen LogP contribution in [0, 0.1) is 0 Å². The average molecular weight is 588 g/mol. The van der Waals surface area contributed by atoms with Gasteiger partial charge in [0.2, 0.25) is 5.91 Å². The molecule has 1 aliphatic heterocycles. The molecular formula is C35H41NO7. The molecule has 1 fully saturated rings. The van der Waals surface area contributed by atoms with Crippen molar-refractivity contribution in [3.05, 3.63) is 120 Å². The van der Waals surface area contributed by atoms with Crippen molar-refractivity contribution < 1.29 is 33.3 Å². The molecule has 1 aliphatic rings. The van der Waals surface area contributed by atoms with Crippen LogP contribution in [0.4, 0.5) is 0 Å². The predicted molar refractivity (Wildman–Crippen MR) is 163 cm³/mol. The molecule has 0 saturated carbocycles. The van der Waals surface area contributed by atoms with Crippen LogP contribution in [0.25, 0.3) is 0 Å². The number of amides is 1. The summed E-state index contributed by atoms with van der Waals surface area (Å²) in [4.78, 5) is 24.5. The topological polar surface area (TPSA) is 92.3 Å². The molecule has 1 N–H and O–H groups in total. The number of ether oxygens (including phenoxy) is 5. The third-order valence-electron chi connectivity index (χ3n) is 7.04. The van der Waals surface area contributed by atoms with Crippen molar-refractivity contribution in [1.82, 2.24) is 5.32 Å². The van der Waals surface area contributed by atoms with Crippen LogP contribution in [0.5, 0.6) is 0 Å². The lowest BCUT2D eigenvalue weighted by Crippen LogP contribution is -2.65. The number of benzene rings is 3. The van der Waals surface area contributed by atoms with Gasteiger partial charge in [-0.25, -0.2) is 4.79 Å². The molecule has 3 aromatic rings. The van der Waals surface area contributed by atoms with Gasteiger partial charge in [0.25, 0.3) is 0 Å². The van der Waals surface area contributed by atoms with E-state index in [1.54, 1.807) is 13.0 Å². The Bertz CT molecular complexity index is 1270. The van der Waals surface area contributed by atoms with Gasteiger partial charge in [0, 0.05) is 13.0 Å². The quantitative estimate of drug-likeness (QED) is 0.194. The minimum atomic E-state index is -0.576. The van der Waals surface area contributed by atoms with Gasteiger partial charge in [0.1, 0.15) is 18.3 Å². The Morgan fingerprint density at radius 2 is 1.30 bits per heavy atom. The van der Waals surface area contributed by atoms with Crippen LogP contribution in [0.3, 0.4) is 0 Å². The molecule has 1 heterocycles. The molecule has 0 aliphatic carbocycles. The lowest BCUT2D eigenvalue weighted by atomic mass is 9.90. The minimum Gasteiger partial charge on any atom is -0.463 e. The van der Waals surface area contributed by atoms with Crippen LogP contribution in [-0.4, -0.2) is 55.5 Å². The summed E-state index contributed by atoms with van der Waals surface area (Å²) in [5.41, 5.74) is 3.04. The highest BCUT2D eigenvalue weighted by Crippen LogP contribution is 2.30. The lowest BCUT2D eigenvalue weighted by molar-refractivity contribution is -0.231. The highest BCUT2D eigenvalue weighted by molar-refractivity contribution is 5.81.